The summed E-state index contributed by atoms with van der Waals surface area (Å²) in [6.45, 7) is 6.73. The number of aryl methyl sites for hydroxylation is 1. The van der Waals surface area contributed by atoms with Crippen molar-refractivity contribution in [3.05, 3.63) is 11.1 Å². The zero-order valence-corrected chi connectivity index (χ0v) is 14.0. The van der Waals surface area contributed by atoms with Crippen LogP contribution < -0.4 is 4.90 Å². The van der Waals surface area contributed by atoms with Crippen molar-refractivity contribution >= 4 is 22.4 Å². The summed E-state index contributed by atoms with van der Waals surface area (Å²) >= 11 is 1.68. The zero-order chi connectivity index (χ0) is 15.6. The highest BCUT2D eigenvalue weighted by Crippen LogP contribution is 2.31. The fourth-order valence-electron chi connectivity index (χ4n) is 3.03. The highest BCUT2D eigenvalue weighted by Gasteiger charge is 2.48. The van der Waals surface area contributed by atoms with Gasteiger partial charge in [0.05, 0.1) is 25.5 Å². The van der Waals surface area contributed by atoms with E-state index in [2.05, 4.69) is 15.3 Å². The molecule has 0 bridgehead atoms. The lowest BCUT2D eigenvalue weighted by Gasteiger charge is -2.42. The first-order chi connectivity index (χ1) is 10.6. The van der Waals surface area contributed by atoms with Crippen LogP contribution >= 0.6 is 11.3 Å². The summed E-state index contributed by atoms with van der Waals surface area (Å²) in [7, 11) is 1.64. The number of hydrogen-bond acceptors (Lipinski definition) is 6. The predicted octanol–water partition coefficient (Wildman–Crippen LogP) is 1.15. The fourth-order valence-corrected chi connectivity index (χ4v) is 3.88. The number of rotatable bonds is 4. The molecule has 1 amide bonds. The second kappa shape index (κ2) is 6.52. The molecular formula is C15H23N3O3S. The lowest BCUT2D eigenvalue weighted by atomic mass is 9.85. The van der Waals surface area contributed by atoms with Crippen LogP contribution in [0.25, 0.3) is 0 Å². The Morgan fingerprint density at radius 3 is 2.82 bits per heavy atom. The second-order valence-corrected chi connectivity index (χ2v) is 6.95. The maximum atomic E-state index is 12.8. The Hall–Kier alpha value is -1.18. The lowest BCUT2D eigenvalue weighted by molar-refractivity contribution is -0.182. The molecule has 6 nitrogen and oxygen atoms in total. The van der Waals surface area contributed by atoms with Gasteiger partial charge in [-0.05, 0) is 13.3 Å². The average Bonchev–Trinajstić information content (AvgIpc) is 2.75. The van der Waals surface area contributed by atoms with Gasteiger partial charge in [-0.15, -0.1) is 11.3 Å². The third-order valence-electron chi connectivity index (χ3n) is 4.29. The van der Waals surface area contributed by atoms with Gasteiger partial charge in [-0.1, -0.05) is 0 Å². The van der Waals surface area contributed by atoms with Crippen molar-refractivity contribution in [3.63, 3.8) is 0 Å². The molecule has 0 saturated carbocycles. The van der Waals surface area contributed by atoms with Crippen LogP contribution in [-0.4, -0.2) is 68.9 Å². The van der Waals surface area contributed by atoms with Gasteiger partial charge in [0.1, 0.15) is 5.41 Å². The molecule has 22 heavy (non-hydrogen) atoms. The number of nitrogens with zero attached hydrogens (tertiary/aromatic N) is 3. The van der Waals surface area contributed by atoms with Crippen LogP contribution in [0.2, 0.25) is 0 Å². The van der Waals surface area contributed by atoms with Crippen LogP contribution in [-0.2, 0) is 14.3 Å². The first-order valence-electron chi connectivity index (χ1n) is 7.68. The van der Waals surface area contributed by atoms with Crippen molar-refractivity contribution in [1.82, 2.24) is 9.88 Å². The van der Waals surface area contributed by atoms with E-state index in [0.29, 0.717) is 19.8 Å². The number of ether oxygens (including phenoxy) is 2. The number of amides is 1. The minimum Gasteiger partial charge on any atom is -0.383 e. The molecule has 2 aliphatic heterocycles. The normalized spacial score (nSPS) is 21.4. The van der Waals surface area contributed by atoms with E-state index in [1.165, 1.54) is 0 Å². The predicted molar refractivity (Wildman–Crippen MR) is 85.4 cm³/mol. The number of methoxy groups -OCH3 is 1. The number of hydrogen-bond donors (Lipinski definition) is 0. The average molecular weight is 325 g/mol. The van der Waals surface area contributed by atoms with Crippen LogP contribution in [0.15, 0.2) is 5.38 Å². The topological polar surface area (TPSA) is 54.9 Å². The molecule has 0 aromatic carbocycles. The SMILES string of the molecule is COCC1(C(=O)N2CCCN(c3nc(C)cs3)CC2)COC1. The molecule has 0 N–H and O–H groups in total. The van der Waals surface area contributed by atoms with E-state index in [-0.39, 0.29) is 5.91 Å². The van der Waals surface area contributed by atoms with Crippen LogP contribution in [0.5, 0.6) is 0 Å². The quantitative estimate of drug-likeness (QED) is 0.831. The summed E-state index contributed by atoms with van der Waals surface area (Å²) in [5, 5.41) is 3.13. The maximum absolute atomic E-state index is 12.8. The van der Waals surface area contributed by atoms with Crippen LogP contribution in [0.4, 0.5) is 5.13 Å². The molecule has 1 aromatic heterocycles. The highest BCUT2D eigenvalue weighted by atomic mass is 32.1. The Balaban J connectivity index is 1.63. The number of anilines is 1. The van der Waals surface area contributed by atoms with E-state index in [0.717, 1.165) is 43.4 Å². The molecule has 0 atom stereocenters. The van der Waals surface area contributed by atoms with E-state index in [1.54, 1.807) is 18.4 Å². The zero-order valence-electron chi connectivity index (χ0n) is 13.2. The molecule has 2 saturated heterocycles. The molecule has 0 unspecified atom stereocenters. The van der Waals surface area contributed by atoms with Crippen molar-refractivity contribution in [1.29, 1.82) is 0 Å². The standard InChI is InChI=1S/C15H23N3O3S/c1-12-8-22-14(16-12)18-5-3-4-17(6-7-18)13(19)15(9-20-2)10-21-11-15/h8H,3-7,9-11H2,1-2H3. The van der Waals surface area contributed by atoms with Gasteiger partial charge in [0.25, 0.3) is 0 Å². The van der Waals surface area contributed by atoms with Gasteiger partial charge < -0.3 is 19.3 Å². The molecule has 3 rings (SSSR count). The summed E-state index contributed by atoms with van der Waals surface area (Å²) in [5.74, 6) is 0.178. The summed E-state index contributed by atoms with van der Waals surface area (Å²) in [6, 6.07) is 0. The third-order valence-corrected chi connectivity index (χ3v) is 5.31. The molecular weight excluding hydrogens is 302 g/mol. The first kappa shape index (κ1) is 15.7. The monoisotopic (exact) mass is 325 g/mol. The van der Waals surface area contributed by atoms with Gasteiger partial charge in [-0.25, -0.2) is 4.98 Å². The van der Waals surface area contributed by atoms with Crippen molar-refractivity contribution in [2.45, 2.75) is 13.3 Å². The second-order valence-electron chi connectivity index (χ2n) is 6.11. The van der Waals surface area contributed by atoms with Gasteiger partial charge in [-0.2, -0.15) is 0 Å². The molecule has 2 fully saturated rings. The Morgan fingerprint density at radius 2 is 2.23 bits per heavy atom. The van der Waals surface area contributed by atoms with Gasteiger partial charge in [-0.3, -0.25) is 4.79 Å². The van der Waals surface area contributed by atoms with E-state index in [9.17, 15) is 4.79 Å². The first-order valence-corrected chi connectivity index (χ1v) is 8.56. The van der Waals surface area contributed by atoms with Gasteiger partial charge in [0.15, 0.2) is 5.13 Å². The van der Waals surface area contributed by atoms with Crippen molar-refractivity contribution in [3.8, 4) is 0 Å². The van der Waals surface area contributed by atoms with Crippen molar-refractivity contribution < 1.29 is 14.3 Å². The van der Waals surface area contributed by atoms with E-state index < -0.39 is 5.41 Å². The lowest BCUT2D eigenvalue weighted by Crippen LogP contribution is -2.58. The summed E-state index contributed by atoms with van der Waals surface area (Å²) < 4.78 is 10.5. The molecule has 1 aromatic rings. The smallest absolute Gasteiger partial charge is 0.235 e. The Labute approximate surface area is 135 Å². The third kappa shape index (κ3) is 2.98. The van der Waals surface area contributed by atoms with Gasteiger partial charge >= 0.3 is 0 Å². The molecule has 2 aliphatic rings. The minimum atomic E-state index is -0.457. The fraction of sp³-hybridized carbons (Fsp3) is 0.733. The largest absolute Gasteiger partial charge is 0.383 e. The summed E-state index contributed by atoms with van der Waals surface area (Å²) in [6.07, 6.45) is 0.967. The number of carbonyl (C=O) groups excluding carboxylic acids is 1. The van der Waals surface area contributed by atoms with Crippen LogP contribution in [0.3, 0.4) is 0 Å². The molecule has 0 spiro atoms. The molecule has 0 aliphatic carbocycles. The minimum absolute atomic E-state index is 0.178. The van der Waals surface area contributed by atoms with Gasteiger partial charge in [0.2, 0.25) is 5.91 Å². The van der Waals surface area contributed by atoms with E-state index in [4.69, 9.17) is 9.47 Å². The number of thiazole rings is 1. The number of aromatic nitrogens is 1. The summed E-state index contributed by atoms with van der Waals surface area (Å²) in [5.41, 5.74) is 0.602. The maximum Gasteiger partial charge on any atom is 0.235 e. The van der Waals surface area contributed by atoms with Crippen molar-refractivity contribution in [2.75, 3.05) is 58.0 Å². The van der Waals surface area contributed by atoms with E-state index >= 15 is 0 Å². The molecule has 7 heteroatoms. The Morgan fingerprint density at radius 1 is 1.41 bits per heavy atom. The highest BCUT2D eigenvalue weighted by molar-refractivity contribution is 7.13. The molecule has 0 radical (unpaired) electrons. The van der Waals surface area contributed by atoms with Gasteiger partial charge in [0, 0.05) is 38.7 Å². The molecule has 3 heterocycles. The summed E-state index contributed by atoms with van der Waals surface area (Å²) in [4.78, 5) is 21.6. The van der Waals surface area contributed by atoms with Crippen molar-refractivity contribution in [2.24, 2.45) is 5.41 Å². The Kier molecular flexibility index (Phi) is 4.65. The van der Waals surface area contributed by atoms with E-state index in [1.807, 2.05) is 11.8 Å². The van der Waals surface area contributed by atoms with Crippen LogP contribution in [0, 0.1) is 12.3 Å². The Bertz CT molecular complexity index is 530. The van der Waals surface area contributed by atoms with Crippen LogP contribution in [0.1, 0.15) is 12.1 Å². The number of carbonyl (C=O) groups is 1. The molecule has 122 valence electrons.